The second-order valence-electron chi connectivity index (χ2n) is 5.30. The molecule has 0 aliphatic heterocycles. The highest BCUT2D eigenvalue weighted by atomic mass is 32.2. The van der Waals surface area contributed by atoms with Gasteiger partial charge in [0.05, 0.1) is 10.8 Å². The van der Waals surface area contributed by atoms with Crippen LogP contribution in [0, 0.1) is 5.92 Å². The van der Waals surface area contributed by atoms with Crippen LogP contribution in [0.4, 0.5) is 0 Å². The molecule has 17 heavy (non-hydrogen) atoms. The van der Waals surface area contributed by atoms with Crippen molar-refractivity contribution in [2.24, 2.45) is 11.7 Å². The molecule has 100 valence electrons. The first-order valence-electron chi connectivity index (χ1n) is 5.94. The predicted octanol–water partition coefficient (Wildman–Crippen LogP) is 0.0532. The number of sulfone groups is 1. The van der Waals surface area contributed by atoms with Crippen LogP contribution in [-0.2, 0) is 14.6 Å². The van der Waals surface area contributed by atoms with Gasteiger partial charge in [-0.25, -0.2) is 8.42 Å². The van der Waals surface area contributed by atoms with Crippen molar-refractivity contribution in [3.05, 3.63) is 0 Å². The maximum Gasteiger partial charge on any atom is 0.235 e. The van der Waals surface area contributed by atoms with Crippen LogP contribution in [0.15, 0.2) is 0 Å². The van der Waals surface area contributed by atoms with E-state index in [9.17, 15) is 13.2 Å². The summed E-state index contributed by atoms with van der Waals surface area (Å²) < 4.78 is 23.2. The molecule has 0 saturated heterocycles. The zero-order valence-corrected chi connectivity index (χ0v) is 11.5. The van der Waals surface area contributed by atoms with Gasteiger partial charge in [-0.15, -0.1) is 0 Å². The first-order valence-corrected chi connectivity index (χ1v) is 7.65. The molecule has 1 fully saturated rings. The lowest BCUT2D eigenvalue weighted by Crippen LogP contribution is -2.54. The first-order chi connectivity index (χ1) is 7.71. The fourth-order valence-corrected chi connectivity index (χ4v) is 2.52. The van der Waals surface area contributed by atoms with Crippen molar-refractivity contribution >= 4 is 15.7 Å². The highest BCUT2D eigenvalue weighted by Gasteiger charge is 2.42. The summed E-state index contributed by atoms with van der Waals surface area (Å²) in [5, 5.41) is 2.24. The number of hydrogen-bond acceptors (Lipinski definition) is 4. The molecule has 0 bridgehead atoms. The molecule has 0 aromatic heterocycles. The summed E-state index contributed by atoms with van der Waals surface area (Å²) in [5.41, 5.74) is 5.20. The third-order valence-electron chi connectivity index (χ3n) is 3.38. The Labute approximate surface area is 103 Å². The van der Waals surface area contributed by atoms with Crippen molar-refractivity contribution in [1.29, 1.82) is 0 Å². The molecule has 0 aromatic carbocycles. The van der Waals surface area contributed by atoms with Crippen molar-refractivity contribution < 1.29 is 13.2 Å². The van der Waals surface area contributed by atoms with E-state index in [1.807, 2.05) is 6.92 Å². The van der Waals surface area contributed by atoms with Gasteiger partial charge in [-0.05, 0) is 39.5 Å². The van der Waals surface area contributed by atoms with Crippen LogP contribution in [0.1, 0.15) is 33.6 Å². The Balaban J connectivity index is 2.60. The number of rotatable bonds is 6. The summed E-state index contributed by atoms with van der Waals surface area (Å²) in [6.07, 6.45) is 2.09. The molecule has 1 rings (SSSR count). The van der Waals surface area contributed by atoms with Gasteiger partial charge in [-0.2, -0.15) is 0 Å². The molecule has 0 radical (unpaired) electrons. The van der Waals surface area contributed by atoms with Crippen LogP contribution in [0.5, 0.6) is 0 Å². The maximum absolute atomic E-state index is 11.7. The van der Waals surface area contributed by atoms with Crippen molar-refractivity contribution in [3.63, 3.8) is 0 Å². The number of nitrogens with two attached hydrogens (primary N) is 1. The van der Waals surface area contributed by atoms with Gasteiger partial charge >= 0.3 is 0 Å². The molecule has 3 N–H and O–H groups in total. The number of carbonyl (C=O) groups excluding carboxylic acids is 1. The van der Waals surface area contributed by atoms with E-state index in [1.54, 1.807) is 13.8 Å². The zero-order chi connectivity index (χ0) is 13.3. The van der Waals surface area contributed by atoms with E-state index in [4.69, 9.17) is 5.73 Å². The van der Waals surface area contributed by atoms with Gasteiger partial charge in [0, 0.05) is 6.54 Å². The Hall–Kier alpha value is -0.620. The average Bonchev–Trinajstić information content (AvgIpc) is 2.99. The Bertz CT molecular complexity index is 388. The molecular formula is C11H22N2O3S. The minimum absolute atomic E-state index is 0.338. The molecule has 6 heteroatoms. The standard InChI is InChI=1S/C11H22N2O3S/c1-8(2)17(15,16)6-10(14)13-11(3,7-12)9-4-5-9/h8-9H,4-7,12H2,1-3H3,(H,13,14). The molecular weight excluding hydrogens is 240 g/mol. The lowest BCUT2D eigenvalue weighted by Gasteiger charge is -2.29. The maximum atomic E-state index is 11.7. The normalized spacial score (nSPS) is 20.1. The summed E-state index contributed by atoms with van der Waals surface area (Å²) in [5.74, 6) is -0.510. The Morgan fingerprint density at radius 3 is 2.35 bits per heavy atom. The average molecular weight is 262 g/mol. The van der Waals surface area contributed by atoms with Gasteiger partial charge in [0.25, 0.3) is 0 Å². The zero-order valence-electron chi connectivity index (χ0n) is 10.7. The summed E-state index contributed by atoms with van der Waals surface area (Å²) in [4.78, 5) is 11.7. The number of amides is 1. The summed E-state index contributed by atoms with van der Waals surface area (Å²) in [7, 11) is -3.34. The minimum atomic E-state index is -3.34. The molecule has 1 aliphatic rings. The van der Waals surface area contributed by atoms with Gasteiger partial charge in [-0.1, -0.05) is 0 Å². The van der Waals surface area contributed by atoms with Crippen LogP contribution >= 0.6 is 0 Å². The van der Waals surface area contributed by atoms with Gasteiger partial charge in [-0.3, -0.25) is 4.79 Å². The predicted molar refractivity (Wildman–Crippen MR) is 67.2 cm³/mol. The van der Waals surface area contributed by atoms with Crippen molar-refractivity contribution in [2.75, 3.05) is 12.3 Å². The second-order valence-corrected chi connectivity index (χ2v) is 7.86. The van der Waals surface area contributed by atoms with Crippen LogP contribution in [0.25, 0.3) is 0 Å². The Morgan fingerprint density at radius 1 is 1.47 bits per heavy atom. The second kappa shape index (κ2) is 4.94. The molecule has 5 nitrogen and oxygen atoms in total. The van der Waals surface area contributed by atoms with Crippen LogP contribution < -0.4 is 11.1 Å². The van der Waals surface area contributed by atoms with Gasteiger partial charge in [0.15, 0.2) is 9.84 Å². The van der Waals surface area contributed by atoms with Crippen molar-refractivity contribution in [1.82, 2.24) is 5.32 Å². The van der Waals surface area contributed by atoms with E-state index >= 15 is 0 Å². The van der Waals surface area contributed by atoms with E-state index in [0.717, 1.165) is 12.8 Å². The fourth-order valence-electron chi connectivity index (χ4n) is 1.74. The number of carbonyl (C=O) groups is 1. The molecule has 1 amide bonds. The smallest absolute Gasteiger partial charge is 0.235 e. The highest BCUT2D eigenvalue weighted by molar-refractivity contribution is 7.92. The van der Waals surface area contributed by atoms with Crippen molar-refractivity contribution in [2.45, 2.75) is 44.4 Å². The highest BCUT2D eigenvalue weighted by Crippen LogP contribution is 2.38. The number of nitrogens with one attached hydrogen (secondary N) is 1. The largest absolute Gasteiger partial charge is 0.349 e. The SMILES string of the molecule is CC(C)S(=O)(=O)CC(=O)NC(C)(CN)C1CC1. The quantitative estimate of drug-likeness (QED) is 0.708. The van der Waals surface area contributed by atoms with E-state index in [-0.39, 0.29) is 0 Å². The Morgan fingerprint density at radius 2 is 2.00 bits per heavy atom. The molecule has 0 heterocycles. The van der Waals surface area contributed by atoms with E-state index in [2.05, 4.69) is 5.32 Å². The third kappa shape index (κ3) is 3.67. The van der Waals surface area contributed by atoms with Crippen molar-refractivity contribution in [3.8, 4) is 0 Å². The van der Waals surface area contributed by atoms with E-state index < -0.39 is 32.3 Å². The summed E-state index contributed by atoms with van der Waals surface area (Å²) >= 11 is 0. The molecule has 1 atom stereocenters. The molecule has 1 aliphatic carbocycles. The fraction of sp³-hybridized carbons (Fsp3) is 0.909. The van der Waals surface area contributed by atoms with Gasteiger partial charge < -0.3 is 11.1 Å². The molecule has 1 unspecified atom stereocenters. The minimum Gasteiger partial charge on any atom is -0.349 e. The first kappa shape index (κ1) is 14.4. The molecule has 0 spiro atoms. The monoisotopic (exact) mass is 262 g/mol. The lowest BCUT2D eigenvalue weighted by molar-refractivity contribution is -0.120. The van der Waals surface area contributed by atoms with E-state index in [0.29, 0.717) is 12.5 Å². The van der Waals surface area contributed by atoms with E-state index in [1.165, 1.54) is 0 Å². The van der Waals surface area contributed by atoms with Crippen LogP contribution in [-0.4, -0.2) is 37.4 Å². The molecule has 1 saturated carbocycles. The molecule has 0 aromatic rings. The van der Waals surface area contributed by atoms with Crippen LogP contribution in [0.3, 0.4) is 0 Å². The number of hydrogen-bond donors (Lipinski definition) is 2. The topological polar surface area (TPSA) is 89.3 Å². The van der Waals surface area contributed by atoms with Crippen LogP contribution in [0.2, 0.25) is 0 Å². The third-order valence-corrected chi connectivity index (χ3v) is 5.48. The van der Waals surface area contributed by atoms with Gasteiger partial charge in [0.2, 0.25) is 5.91 Å². The summed E-state index contributed by atoms with van der Waals surface area (Å²) in [6, 6.07) is 0. The summed E-state index contributed by atoms with van der Waals surface area (Å²) in [6.45, 7) is 5.37. The van der Waals surface area contributed by atoms with Gasteiger partial charge in [0.1, 0.15) is 5.75 Å². The Kier molecular flexibility index (Phi) is 4.19. The lowest BCUT2D eigenvalue weighted by atomic mass is 9.96.